The van der Waals surface area contributed by atoms with Crippen LogP contribution < -0.4 is 5.32 Å². The first-order chi connectivity index (χ1) is 9.69. The molecule has 0 saturated carbocycles. The minimum Gasteiger partial charge on any atom is -0.312 e. The molecule has 1 heterocycles. The van der Waals surface area contributed by atoms with Gasteiger partial charge in [0.2, 0.25) is 0 Å². The van der Waals surface area contributed by atoms with E-state index in [0.717, 1.165) is 24.6 Å². The van der Waals surface area contributed by atoms with Gasteiger partial charge in [-0.05, 0) is 50.5 Å². The SMILES string of the molecule is CCN1CCC(CNCc2cccc([N+](=O)[O-])c2)CC1. The van der Waals surface area contributed by atoms with E-state index in [9.17, 15) is 10.1 Å². The molecule has 0 unspecified atom stereocenters. The zero-order chi connectivity index (χ0) is 14.4. The molecular weight excluding hydrogens is 254 g/mol. The van der Waals surface area contributed by atoms with E-state index in [-0.39, 0.29) is 10.6 Å². The van der Waals surface area contributed by atoms with Crippen molar-refractivity contribution >= 4 is 5.69 Å². The van der Waals surface area contributed by atoms with Gasteiger partial charge in [0.25, 0.3) is 5.69 Å². The van der Waals surface area contributed by atoms with Crippen LogP contribution in [0, 0.1) is 16.0 Å². The van der Waals surface area contributed by atoms with Gasteiger partial charge in [-0.15, -0.1) is 0 Å². The molecule has 0 amide bonds. The lowest BCUT2D eigenvalue weighted by Crippen LogP contribution is -2.36. The van der Waals surface area contributed by atoms with Crippen LogP contribution in [0.2, 0.25) is 0 Å². The van der Waals surface area contributed by atoms with Gasteiger partial charge in [-0.1, -0.05) is 19.1 Å². The van der Waals surface area contributed by atoms with Crippen LogP contribution >= 0.6 is 0 Å². The highest BCUT2D eigenvalue weighted by Crippen LogP contribution is 2.16. The second kappa shape index (κ2) is 7.36. The molecule has 0 spiro atoms. The van der Waals surface area contributed by atoms with Crippen molar-refractivity contribution in [2.75, 3.05) is 26.2 Å². The highest BCUT2D eigenvalue weighted by molar-refractivity contribution is 5.34. The monoisotopic (exact) mass is 277 g/mol. The van der Waals surface area contributed by atoms with E-state index < -0.39 is 0 Å². The van der Waals surface area contributed by atoms with Crippen molar-refractivity contribution in [3.8, 4) is 0 Å². The van der Waals surface area contributed by atoms with Crippen LogP contribution in [0.4, 0.5) is 5.69 Å². The number of nitrogens with zero attached hydrogens (tertiary/aromatic N) is 2. The van der Waals surface area contributed by atoms with Crippen molar-refractivity contribution < 1.29 is 4.92 Å². The molecule has 1 fully saturated rings. The number of hydrogen-bond acceptors (Lipinski definition) is 4. The Morgan fingerprint density at radius 3 is 2.80 bits per heavy atom. The molecule has 1 aromatic rings. The Morgan fingerprint density at radius 2 is 2.15 bits per heavy atom. The molecule has 0 radical (unpaired) electrons. The Labute approximate surface area is 120 Å². The summed E-state index contributed by atoms with van der Waals surface area (Å²) in [5.41, 5.74) is 1.14. The quantitative estimate of drug-likeness (QED) is 0.641. The van der Waals surface area contributed by atoms with Gasteiger partial charge in [0.15, 0.2) is 0 Å². The number of likely N-dealkylation sites (tertiary alicyclic amines) is 1. The lowest BCUT2D eigenvalue weighted by atomic mass is 9.97. The Morgan fingerprint density at radius 1 is 1.40 bits per heavy atom. The molecule has 5 nitrogen and oxygen atoms in total. The molecule has 110 valence electrons. The Bertz CT molecular complexity index is 442. The van der Waals surface area contributed by atoms with E-state index in [4.69, 9.17) is 0 Å². The van der Waals surface area contributed by atoms with Crippen LogP contribution in [0.25, 0.3) is 0 Å². The summed E-state index contributed by atoms with van der Waals surface area (Å²) >= 11 is 0. The predicted octanol–water partition coefficient (Wildman–Crippen LogP) is 2.42. The van der Waals surface area contributed by atoms with Crippen molar-refractivity contribution in [1.29, 1.82) is 0 Å². The average molecular weight is 277 g/mol. The second-order valence-corrected chi connectivity index (χ2v) is 5.44. The number of nitrogens with one attached hydrogen (secondary N) is 1. The molecule has 20 heavy (non-hydrogen) atoms. The lowest BCUT2D eigenvalue weighted by molar-refractivity contribution is -0.384. The van der Waals surface area contributed by atoms with E-state index in [0.29, 0.717) is 6.54 Å². The third-order valence-electron chi connectivity index (χ3n) is 4.04. The molecule has 0 bridgehead atoms. The van der Waals surface area contributed by atoms with Crippen LogP contribution in [-0.2, 0) is 6.54 Å². The van der Waals surface area contributed by atoms with Crippen LogP contribution in [0.5, 0.6) is 0 Å². The number of rotatable bonds is 6. The molecular formula is C15H23N3O2. The van der Waals surface area contributed by atoms with Gasteiger partial charge in [-0.25, -0.2) is 0 Å². The molecule has 0 atom stereocenters. The summed E-state index contributed by atoms with van der Waals surface area (Å²) in [6, 6.07) is 6.85. The molecule has 5 heteroatoms. The highest BCUT2D eigenvalue weighted by atomic mass is 16.6. The van der Waals surface area contributed by atoms with Gasteiger partial charge in [-0.2, -0.15) is 0 Å². The fourth-order valence-corrected chi connectivity index (χ4v) is 2.71. The van der Waals surface area contributed by atoms with Gasteiger partial charge in [0.1, 0.15) is 0 Å². The number of nitro groups is 1. The van der Waals surface area contributed by atoms with Crippen molar-refractivity contribution in [3.63, 3.8) is 0 Å². The maximum atomic E-state index is 10.7. The molecule has 1 N–H and O–H groups in total. The van der Waals surface area contributed by atoms with Crippen molar-refractivity contribution in [1.82, 2.24) is 10.2 Å². The predicted molar refractivity (Wildman–Crippen MR) is 79.6 cm³/mol. The van der Waals surface area contributed by atoms with Gasteiger partial charge in [0, 0.05) is 18.7 Å². The van der Waals surface area contributed by atoms with Gasteiger partial charge < -0.3 is 10.2 Å². The van der Waals surface area contributed by atoms with Gasteiger partial charge in [0.05, 0.1) is 4.92 Å². The average Bonchev–Trinajstić information content (AvgIpc) is 2.48. The van der Waals surface area contributed by atoms with E-state index in [1.165, 1.54) is 32.0 Å². The molecule has 0 aliphatic carbocycles. The summed E-state index contributed by atoms with van der Waals surface area (Å²) < 4.78 is 0. The maximum absolute atomic E-state index is 10.7. The highest BCUT2D eigenvalue weighted by Gasteiger charge is 2.17. The van der Waals surface area contributed by atoms with Gasteiger partial charge >= 0.3 is 0 Å². The number of piperidine rings is 1. The van der Waals surface area contributed by atoms with Crippen LogP contribution in [0.1, 0.15) is 25.3 Å². The van der Waals surface area contributed by atoms with Crippen molar-refractivity contribution in [3.05, 3.63) is 39.9 Å². The molecule has 1 aliphatic heterocycles. The molecule has 1 saturated heterocycles. The smallest absolute Gasteiger partial charge is 0.269 e. The van der Waals surface area contributed by atoms with Crippen LogP contribution in [-0.4, -0.2) is 36.0 Å². The summed E-state index contributed by atoms with van der Waals surface area (Å²) in [6.45, 7) is 7.45. The largest absolute Gasteiger partial charge is 0.312 e. The van der Waals surface area contributed by atoms with Crippen molar-refractivity contribution in [2.24, 2.45) is 5.92 Å². The molecule has 1 aliphatic rings. The summed E-state index contributed by atoms with van der Waals surface area (Å²) in [5, 5.41) is 14.1. The number of hydrogen-bond donors (Lipinski definition) is 1. The fourth-order valence-electron chi connectivity index (χ4n) is 2.71. The first kappa shape index (κ1) is 14.9. The number of benzene rings is 1. The van der Waals surface area contributed by atoms with Crippen molar-refractivity contribution in [2.45, 2.75) is 26.3 Å². The van der Waals surface area contributed by atoms with E-state index in [1.807, 2.05) is 6.07 Å². The topological polar surface area (TPSA) is 58.4 Å². The number of nitro benzene ring substituents is 1. The normalized spacial score (nSPS) is 17.2. The van der Waals surface area contributed by atoms with E-state index >= 15 is 0 Å². The first-order valence-corrected chi connectivity index (χ1v) is 7.35. The molecule has 0 aromatic heterocycles. The minimum atomic E-state index is -0.343. The third-order valence-corrected chi connectivity index (χ3v) is 4.04. The molecule has 1 aromatic carbocycles. The maximum Gasteiger partial charge on any atom is 0.269 e. The summed E-state index contributed by atoms with van der Waals surface area (Å²) in [5.74, 6) is 0.733. The summed E-state index contributed by atoms with van der Waals surface area (Å²) in [4.78, 5) is 12.9. The summed E-state index contributed by atoms with van der Waals surface area (Å²) in [6.07, 6.45) is 2.49. The molecule has 2 rings (SSSR count). The second-order valence-electron chi connectivity index (χ2n) is 5.44. The lowest BCUT2D eigenvalue weighted by Gasteiger charge is -2.31. The van der Waals surface area contributed by atoms with E-state index in [1.54, 1.807) is 12.1 Å². The van der Waals surface area contributed by atoms with Gasteiger partial charge in [-0.3, -0.25) is 10.1 Å². The Kier molecular flexibility index (Phi) is 5.49. The Balaban J connectivity index is 1.73. The number of non-ortho nitro benzene ring substituents is 1. The van der Waals surface area contributed by atoms with Crippen LogP contribution in [0.3, 0.4) is 0 Å². The third kappa shape index (κ3) is 4.28. The zero-order valence-electron chi connectivity index (χ0n) is 12.0. The fraction of sp³-hybridized carbons (Fsp3) is 0.600. The first-order valence-electron chi connectivity index (χ1n) is 7.35. The summed E-state index contributed by atoms with van der Waals surface area (Å²) in [7, 11) is 0. The minimum absolute atomic E-state index is 0.167. The standard InChI is InChI=1S/C15H23N3O2/c1-2-17-8-6-13(7-9-17)11-16-12-14-4-3-5-15(10-14)18(19)20/h3-5,10,13,16H,2,6-9,11-12H2,1H3. The Hall–Kier alpha value is -1.46. The zero-order valence-corrected chi connectivity index (χ0v) is 12.0. The van der Waals surface area contributed by atoms with Crippen LogP contribution in [0.15, 0.2) is 24.3 Å². The van der Waals surface area contributed by atoms with E-state index in [2.05, 4.69) is 17.1 Å².